The maximum Gasteiger partial charge on any atom is 0.132 e. The van der Waals surface area contributed by atoms with Crippen molar-refractivity contribution in [1.29, 1.82) is 5.26 Å². The zero-order valence-corrected chi connectivity index (χ0v) is 10.9. The molecule has 94 valence electrons. The van der Waals surface area contributed by atoms with Crippen molar-refractivity contribution in [3.63, 3.8) is 0 Å². The maximum absolute atomic E-state index is 9.42. The SMILES string of the molecule is Cc1nn(C)c(N(CCC#N)C(C)C)c1CO. The summed E-state index contributed by atoms with van der Waals surface area (Å²) >= 11 is 0. The highest BCUT2D eigenvalue weighted by atomic mass is 16.3. The van der Waals surface area contributed by atoms with Gasteiger partial charge in [-0.15, -0.1) is 0 Å². The summed E-state index contributed by atoms with van der Waals surface area (Å²) in [5, 5.41) is 22.4. The van der Waals surface area contributed by atoms with Crippen LogP contribution >= 0.6 is 0 Å². The fraction of sp³-hybridized carbons (Fsp3) is 0.667. The van der Waals surface area contributed by atoms with E-state index in [0.29, 0.717) is 13.0 Å². The van der Waals surface area contributed by atoms with E-state index in [-0.39, 0.29) is 12.6 Å². The minimum Gasteiger partial charge on any atom is -0.391 e. The van der Waals surface area contributed by atoms with Gasteiger partial charge in [0.25, 0.3) is 0 Å². The molecule has 1 N–H and O–H groups in total. The van der Waals surface area contributed by atoms with Gasteiger partial charge in [-0.2, -0.15) is 10.4 Å². The molecular formula is C12H20N4O. The van der Waals surface area contributed by atoms with Crippen LogP contribution in [0.4, 0.5) is 5.82 Å². The molecule has 0 amide bonds. The van der Waals surface area contributed by atoms with E-state index in [0.717, 1.165) is 17.1 Å². The molecule has 5 nitrogen and oxygen atoms in total. The number of nitriles is 1. The quantitative estimate of drug-likeness (QED) is 0.838. The Hall–Kier alpha value is -1.54. The van der Waals surface area contributed by atoms with Crippen molar-refractivity contribution in [3.8, 4) is 6.07 Å². The van der Waals surface area contributed by atoms with Gasteiger partial charge in [-0.05, 0) is 20.8 Å². The van der Waals surface area contributed by atoms with Crippen LogP contribution in [0.25, 0.3) is 0 Å². The summed E-state index contributed by atoms with van der Waals surface area (Å²) in [6, 6.07) is 2.42. The number of hydrogen-bond acceptors (Lipinski definition) is 4. The largest absolute Gasteiger partial charge is 0.391 e. The van der Waals surface area contributed by atoms with Crippen molar-refractivity contribution in [2.24, 2.45) is 7.05 Å². The number of aryl methyl sites for hydroxylation is 2. The van der Waals surface area contributed by atoms with E-state index in [2.05, 4.69) is 29.9 Å². The summed E-state index contributed by atoms with van der Waals surface area (Å²) in [5.41, 5.74) is 1.69. The number of aliphatic hydroxyl groups excluding tert-OH is 1. The highest BCUT2D eigenvalue weighted by Gasteiger charge is 2.20. The zero-order valence-electron chi connectivity index (χ0n) is 10.9. The Morgan fingerprint density at radius 3 is 2.65 bits per heavy atom. The van der Waals surface area contributed by atoms with E-state index in [9.17, 15) is 5.11 Å². The van der Waals surface area contributed by atoms with E-state index in [4.69, 9.17) is 5.26 Å². The molecule has 17 heavy (non-hydrogen) atoms. The molecule has 0 unspecified atom stereocenters. The molecule has 0 saturated carbocycles. The molecule has 0 aliphatic rings. The zero-order chi connectivity index (χ0) is 13.0. The van der Waals surface area contributed by atoms with Crippen LogP contribution in [-0.4, -0.2) is 27.5 Å². The number of hydrogen-bond donors (Lipinski definition) is 1. The number of aromatic nitrogens is 2. The van der Waals surface area contributed by atoms with E-state index < -0.39 is 0 Å². The lowest BCUT2D eigenvalue weighted by atomic mass is 10.2. The molecule has 0 bridgehead atoms. The Morgan fingerprint density at radius 2 is 2.18 bits per heavy atom. The second-order valence-corrected chi connectivity index (χ2v) is 4.36. The number of anilines is 1. The molecule has 0 aromatic carbocycles. The van der Waals surface area contributed by atoms with Gasteiger partial charge in [0.05, 0.1) is 24.8 Å². The lowest BCUT2D eigenvalue weighted by Gasteiger charge is -2.28. The second kappa shape index (κ2) is 5.69. The van der Waals surface area contributed by atoms with E-state index in [1.807, 2.05) is 14.0 Å². The van der Waals surface area contributed by atoms with Crippen molar-refractivity contribution in [1.82, 2.24) is 9.78 Å². The lowest BCUT2D eigenvalue weighted by molar-refractivity contribution is 0.281. The fourth-order valence-corrected chi connectivity index (χ4v) is 2.01. The summed E-state index contributed by atoms with van der Waals surface area (Å²) in [4.78, 5) is 2.11. The van der Waals surface area contributed by atoms with Gasteiger partial charge < -0.3 is 10.0 Å². The molecule has 1 heterocycles. The summed E-state index contributed by atoms with van der Waals surface area (Å²) in [5.74, 6) is 0.912. The van der Waals surface area contributed by atoms with Gasteiger partial charge in [-0.3, -0.25) is 4.68 Å². The highest BCUT2D eigenvalue weighted by Crippen LogP contribution is 2.25. The van der Waals surface area contributed by atoms with Crippen LogP contribution in [0.15, 0.2) is 0 Å². The summed E-state index contributed by atoms with van der Waals surface area (Å²) < 4.78 is 1.78. The molecule has 0 atom stereocenters. The first kappa shape index (κ1) is 13.5. The Kier molecular flexibility index (Phi) is 4.53. The molecule has 1 aromatic rings. The van der Waals surface area contributed by atoms with Crippen LogP contribution in [0.5, 0.6) is 0 Å². The molecule has 0 saturated heterocycles. The number of aliphatic hydroxyl groups is 1. The van der Waals surface area contributed by atoms with Crippen molar-refractivity contribution in [3.05, 3.63) is 11.3 Å². The molecule has 5 heteroatoms. The summed E-state index contributed by atoms with van der Waals surface area (Å²) in [7, 11) is 1.86. The average molecular weight is 236 g/mol. The van der Waals surface area contributed by atoms with Crippen molar-refractivity contribution in [2.75, 3.05) is 11.4 Å². The predicted molar refractivity (Wildman–Crippen MR) is 66.6 cm³/mol. The minimum absolute atomic E-state index is 0.0230. The normalized spacial score (nSPS) is 10.6. The van der Waals surface area contributed by atoms with Gasteiger partial charge >= 0.3 is 0 Å². The van der Waals surface area contributed by atoms with Gasteiger partial charge in [-0.1, -0.05) is 0 Å². The van der Waals surface area contributed by atoms with Gasteiger partial charge in [0.15, 0.2) is 0 Å². The Morgan fingerprint density at radius 1 is 1.53 bits per heavy atom. The number of rotatable bonds is 5. The Balaban J connectivity index is 3.13. The van der Waals surface area contributed by atoms with Crippen LogP contribution < -0.4 is 4.90 Å². The van der Waals surface area contributed by atoms with E-state index in [1.54, 1.807) is 4.68 Å². The monoisotopic (exact) mass is 236 g/mol. The summed E-state index contributed by atoms with van der Waals surface area (Å²) in [6.07, 6.45) is 0.466. The molecule has 0 aliphatic carbocycles. The van der Waals surface area contributed by atoms with Crippen LogP contribution in [0, 0.1) is 18.3 Å². The molecule has 0 aliphatic heterocycles. The summed E-state index contributed by atoms with van der Waals surface area (Å²) in [6.45, 7) is 6.66. The van der Waals surface area contributed by atoms with Crippen molar-refractivity contribution < 1.29 is 5.11 Å². The smallest absolute Gasteiger partial charge is 0.132 e. The molecule has 0 radical (unpaired) electrons. The van der Waals surface area contributed by atoms with Gasteiger partial charge in [0, 0.05) is 25.2 Å². The molecule has 1 aromatic heterocycles. The van der Waals surface area contributed by atoms with Gasteiger partial charge in [0.1, 0.15) is 5.82 Å². The first-order chi connectivity index (χ1) is 8.02. The third kappa shape index (κ3) is 2.77. The molecule has 1 rings (SSSR count). The molecule has 0 spiro atoms. The number of nitrogens with zero attached hydrogens (tertiary/aromatic N) is 4. The highest BCUT2D eigenvalue weighted by molar-refractivity contribution is 5.50. The molecular weight excluding hydrogens is 216 g/mol. The maximum atomic E-state index is 9.42. The van der Waals surface area contributed by atoms with Crippen molar-refractivity contribution >= 4 is 5.82 Å². The fourth-order valence-electron chi connectivity index (χ4n) is 2.01. The lowest BCUT2D eigenvalue weighted by Crippen LogP contribution is -2.34. The second-order valence-electron chi connectivity index (χ2n) is 4.36. The van der Waals surface area contributed by atoms with Gasteiger partial charge in [-0.25, -0.2) is 0 Å². The molecule has 0 fully saturated rings. The average Bonchev–Trinajstić information content (AvgIpc) is 2.54. The minimum atomic E-state index is -0.0230. The topological polar surface area (TPSA) is 65.1 Å². The Bertz CT molecular complexity index is 417. The third-order valence-corrected chi connectivity index (χ3v) is 2.83. The predicted octanol–water partition coefficient (Wildman–Crippen LogP) is 1.35. The first-order valence-electron chi connectivity index (χ1n) is 5.79. The van der Waals surface area contributed by atoms with Crippen LogP contribution in [0.2, 0.25) is 0 Å². The Labute approximate surface area is 102 Å². The standard InChI is InChI=1S/C12H20N4O/c1-9(2)16(7-5-6-13)12-11(8-17)10(3)14-15(12)4/h9,17H,5,7-8H2,1-4H3. The van der Waals surface area contributed by atoms with E-state index >= 15 is 0 Å². The van der Waals surface area contributed by atoms with Crippen LogP contribution in [-0.2, 0) is 13.7 Å². The third-order valence-electron chi connectivity index (χ3n) is 2.83. The van der Waals surface area contributed by atoms with E-state index in [1.165, 1.54) is 0 Å². The van der Waals surface area contributed by atoms with Crippen LogP contribution in [0.1, 0.15) is 31.5 Å². The van der Waals surface area contributed by atoms with Crippen LogP contribution in [0.3, 0.4) is 0 Å². The van der Waals surface area contributed by atoms with Crippen molar-refractivity contribution in [2.45, 2.75) is 39.8 Å². The first-order valence-corrected chi connectivity index (χ1v) is 5.79. The van der Waals surface area contributed by atoms with Gasteiger partial charge in [0.2, 0.25) is 0 Å².